The lowest BCUT2D eigenvalue weighted by Gasteiger charge is -2.09. The van der Waals surface area contributed by atoms with E-state index < -0.39 is 5.97 Å². The number of thioether (sulfide) groups is 1. The number of hydrogen-bond acceptors (Lipinski definition) is 6. The summed E-state index contributed by atoms with van der Waals surface area (Å²) in [6.07, 6.45) is 1.93. The number of hydrogen-bond donors (Lipinski definition) is 1. The molecule has 3 rings (SSSR count). The SMILES string of the molecule is CSc1nc(C)cc(Nc2ccc(OC(=O)c3cccc(Cl)c3)cc2)n1. The molecule has 1 aromatic heterocycles. The fourth-order valence-corrected chi connectivity index (χ4v) is 2.85. The van der Waals surface area contributed by atoms with Gasteiger partial charge in [0.15, 0.2) is 5.16 Å². The fraction of sp³-hybridized carbons (Fsp3) is 0.105. The van der Waals surface area contributed by atoms with E-state index in [-0.39, 0.29) is 0 Å². The summed E-state index contributed by atoms with van der Waals surface area (Å²) < 4.78 is 5.36. The first kappa shape index (κ1) is 18.2. The Morgan fingerprint density at radius 2 is 1.88 bits per heavy atom. The van der Waals surface area contributed by atoms with Gasteiger partial charge in [-0.1, -0.05) is 29.4 Å². The summed E-state index contributed by atoms with van der Waals surface area (Å²) in [5.74, 6) is 0.707. The van der Waals surface area contributed by atoms with Crippen molar-refractivity contribution < 1.29 is 9.53 Å². The molecule has 0 aliphatic heterocycles. The van der Waals surface area contributed by atoms with Gasteiger partial charge < -0.3 is 10.1 Å². The molecule has 0 radical (unpaired) electrons. The molecule has 132 valence electrons. The zero-order chi connectivity index (χ0) is 18.5. The van der Waals surface area contributed by atoms with Crippen molar-refractivity contribution in [3.63, 3.8) is 0 Å². The number of aryl methyl sites for hydroxylation is 1. The van der Waals surface area contributed by atoms with E-state index in [1.165, 1.54) is 11.8 Å². The van der Waals surface area contributed by atoms with Gasteiger partial charge in [0.05, 0.1) is 5.56 Å². The van der Waals surface area contributed by atoms with E-state index in [1.54, 1.807) is 36.4 Å². The van der Waals surface area contributed by atoms with Gasteiger partial charge in [0.25, 0.3) is 0 Å². The number of rotatable bonds is 5. The van der Waals surface area contributed by atoms with Gasteiger partial charge in [0, 0.05) is 22.5 Å². The van der Waals surface area contributed by atoms with Gasteiger partial charge in [0.1, 0.15) is 11.6 Å². The van der Waals surface area contributed by atoms with Crippen LogP contribution in [0.4, 0.5) is 11.5 Å². The van der Waals surface area contributed by atoms with Crippen LogP contribution in [0, 0.1) is 6.92 Å². The van der Waals surface area contributed by atoms with Crippen LogP contribution < -0.4 is 10.1 Å². The first-order chi connectivity index (χ1) is 12.5. The molecule has 0 aliphatic carbocycles. The number of ether oxygens (including phenoxy) is 1. The van der Waals surface area contributed by atoms with E-state index in [0.717, 1.165) is 11.4 Å². The van der Waals surface area contributed by atoms with Gasteiger partial charge >= 0.3 is 5.97 Å². The topological polar surface area (TPSA) is 64.1 Å². The molecule has 0 amide bonds. The maximum absolute atomic E-state index is 12.1. The Balaban J connectivity index is 1.69. The smallest absolute Gasteiger partial charge is 0.343 e. The van der Waals surface area contributed by atoms with Crippen LogP contribution in [-0.4, -0.2) is 22.2 Å². The molecule has 7 heteroatoms. The normalized spacial score (nSPS) is 10.4. The number of nitrogens with one attached hydrogen (secondary N) is 1. The Labute approximate surface area is 160 Å². The number of anilines is 2. The minimum Gasteiger partial charge on any atom is -0.423 e. The molecule has 0 saturated heterocycles. The fourth-order valence-electron chi connectivity index (χ4n) is 2.23. The van der Waals surface area contributed by atoms with Gasteiger partial charge in [-0.25, -0.2) is 14.8 Å². The highest BCUT2D eigenvalue weighted by molar-refractivity contribution is 7.98. The average Bonchev–Trinajstić information content (AvgIpc) is 2.63. The minimum atomic E-state index is -0.454. The third-order valence-electron chi connectivity index (χ3n) is 3.41. The number of aromatic nitrogens is 2. The number of nitrogens with zero attached hydrogens (tertiary/aromatic N) is 2. The van der Waals surface area contributed by atoms with E-state index >= 15 is 0 Å². The predicted molar refractivity (Wildman–Crippen MR) is 105 cm³/mol. The van der Waals surface area contributed by atoms with E-state index in [0.29, 0.717) is 27.3 Å². The highest BCUT2D eigenvalue weighted by Crippen LogP contribution is 2.22. The summed E-state index contributed by atoms with van der Waals surface area (Å²) in [6.45, 7) is 1.92. The zero-order valence-electron chi connectivity index (χ0n) is 14.2. The molecule has 0 unspecified atom stereocenters. The van der Waals surface area contributed by atoms with Crippen LogP contribution in [0.5, 0.6) is 5.75 Å². The van der Waals surface area contributed by atoms with Crippen LogP contribution in [0.2, 0.25) is 5.02 Å². The Hall–Kier alpha value is -2.57. The second-order valence-corrected chi connectivity index (χ2v) is 6.64. The summed E-state index contributed by atoms with van der Waals surface area (Å²) in [5, 5.41) is 4.41. The maximum atomic E-state index is 12.1. The number of carbonyl (C=O) groups excluding carboxylic acids is 1. The maximum Gasteiger partial charge on any atom is 0.343 e. The zero-order valence-corrected chi connectivity index (χ0v) is 15.8. The van der Waals surface area contributed by atoms with Crippen molar-refractivity contribution in [2.45, 2.75) is 12.1 Å². The van der Waals surface area contributed by atoms with E-state index in [4.69, 9.17) is 16.3 Å². The van der Waals surface area contributed by atoms with Crippen LogP contribution in [0.3, 0.4) is 0 Å². The quantitative estimate of drug-likeness (QED) is 0.284. The lowest BCUT2D eigenvalue weighted by molar-refractivity contribution is 0.0735. The molecule has 0 atom stereocenters. The monoisotopic (exact) mass is 385 g/mol. The summed E-state index contributed by atoms with van der Waals surface area (Å²) in [4.78, 5) is 20.9. The van der Waals surface area contributed by atoms with Crippen molar-refractivity contribution >= 4 is 40.8 Å². The van der Waals surface area contributed by atoms with Crippen LogP contribution in [0.15, 0.2) is 59.8 Å². The van der Waals surface area contributed by atoms with Gasteiger partial charge in [-0.2, -0.15) is 0 Å². The molecular formula is C19H16ClN3O2S. The lowest BCUT2D eigenvalue weighted by Crippen LogP contribution is -2.08. The molecule has 5 nitrogen and oxygen atoms in total. The van der Waals surface area contributed by atoms with Crippen molar-refractivity contribution in [2.75, 3.05) is 11.6 Å². The Kier molecular flexibility index (Phi) is 5.75. The van der Waals surface area contributed by atoms with Crippen molar-refractivity contribution in [3.05, 3.63) is 70.9 Å². The highest BCUT2D eigenvalue weighted by atomic mass is 35.5. The van der Waals surface area contributed by atoms with Crippen LogP contribution in [0.25, 0.3) is 0 Å². The molecule has 0 spiro atoms. The molecular weight excluding hydrogens is 370 g/mol. The predicted octanol–water partition coefficient (Wildman–Crippen LogP) is 5.12. The number of benzene rings is 2. The van der Waals surface area contributed by atoms with E-state index in [2.05, 4.69) is 15.3 Å². The Bertz CT molecular complexity index is 932. The minimum absolute atomic E-state index is 0.403. The van der Waals surface area contributed by atoms with Crippen LogP contribution >= 0.6 is 23.4 Å². The average molecular weight is 386 g/mol. The molecule has 26 heavy (non-hydrogen) atoms. The lowest BCUT2D eigenvalue weighted by atomic mass is 10.2. The summed E-state index contributed by atoms with van der Waals surface area (Å²) in [7, 11) is 0. The molecule has 0 bridgehead atoms. The molecule has 1 N–H and O–H groups in total. The Morgan fingerprint density at radius 1 is 1.12 bits per heavy atom. The van der Waals surface area contributed by atoms with E-state index in [1.807, 2.05) is 31.4 Å². The van der Waals surface area contributed by atoms with E-state index in [9.17, 15) is 4.79 Å². The van der Waals surface area contributed by atoms with Gasteiger partial charge in [0.2, 0.25) is 0 Å². The van der Waals surface area contributed by atoms with Crippen LogP contribution in [0.1, 0.15) is 16.1 Å². The Morgan fingerprint density at radius 3 is 2.58 bits per heavy atom. The molecule has 3 aromatic rings. The van der Waals surface area contributed by atoms with Gasteiger partial charge in [-0.15, -0.1) is 0 Å². The third-order valence-corrected chi connectivity index (χ3v) is 4.20. The summed E-state index contributed by atoms with van der Waals surface area (Å²) in [6, 6.07) is 15.6. The third kappa shape index (κ3) is 4.74. The summed E-state index contributed by atoms with van der Waals surface area (Å²) >= 11 is 7.38. The number of halogens is 1. The number of esters is 1. The number of carbonyl (C=O) groups is 1. The molecule has 0 saturated carbocycles. The molecule has 2 aromatic carbocycles. The molecule has 0 fully saturated rings. The van der Waals surface area contributed by atoms with Gasteiger partial charge in [-0.3, -0.25) is 0 Å². The first-order valence-corrected chi connectivity index (χ1v) is 9.38. The largest absolute Gasteiger partial charge is 0.423 e. The standard InChI is InChI=1S/C19H16ClN3O2S/c1-12-10-17(23-19(21-12)26-2)22-15-6-8-16(9-7-15)25-18(24)13-4-3-5-14(20)11-13/h3-11H,1-2H3,(H,21,22,23). The highest BCUT2D eigenvalue weighted by Gasteiger charge is 2.09. The first-order valence-electron chi connectivity index (χ1n) is 7.78. The van der Waals surface area contributed by atoms with Crippen molar-refractivity contribution in [2.24, 2.45) is 0 Å². The molecule has 1 heterocycles. The van der Waals surface area contributed by atoms with Crippen molar-refractivity contribution in [1.29, 1.82) is 0 Å². The van der Waals surface area contributed by atoms with Crippen molar-refractivity contribution in [3.8, 4) is 5.75 Å². The second-order valence-electron chi connectivity index (χ2n) is 5.43. The van der Waals surface area contributed by atoms with Gasteiger partial charge in [-0.05, 0) is 55.6 Å². The van der Waals surface area contributed by atoms with Crippen molar-refractivity contribution in [1.82, 2.24) is 9.97 Å². The molecule has 0 aliphatic rings. The van der Waals surface area contributed by atoms with Crippen LogP contribution in [-0.2, 0) is 0 Å². The summed E-state index contributed by atoms with van der Waals surface area (Å²) in [5.41, 5.74) is 2.12. The second kappa shape index (κ2) is 8.21.